The Morgan fingerprint density at radius 1 is 1.10 bits per heavy atom. The third kappa shape index (κ3) is 4.48. The zero-order chi connectivity index (χ0) is 14.5. The third-order valence-corrected chi connectivity index (χ3v) is 3.56. The van der Waals surface area contributed by atoms with Crippen LogP contribution in [-0.4, -0.2) is 6.04 Å². The van der Waals surface area contributed by atoms with Gasteiger partial charge in [0.2, 0.25) is 0 Å². The largest absolute Gasteiger partial charge is 0.310 e. The molecule has 0 saturated heterocycles. The second kappa shape index (κ2) is 7.07. The van der Waals surface area contributed by atoms with Gasteiger partial charge in [0.15, 0.2) is 0 Å². The Hall–Kier alpha value is -1.09. The molecule has 0 heterocycles. The highest BCUT2D eigenvalue weighted by Gasteiger charge is 2.07. The van der Waals surface area contributed by atoms with E-state index in [4.69, 9.17) is 23.2 Å². The van der Waals surface area contributed by atoms with Gasteiger partial charge in [-0.25, -0.2) is 4.39 Å². The Balaban J connectivity index is 1.90. The van der Waals surface area contributed by atoms with E-state index >= 15 is 0 Å². The van der Waals surface area contributed by atoms with Crippen LogP contribution in [0.1, 0.15) is 18.1 Å². The normalized spacial score (nSPS) is 12.4. The van der Waals surface area contributed by atoms with Crippen molar-refractivity contribution in [3.63, 3.8) is 0 Å². The van der Waals surface area contributed by atoms with E-state index < -0.39 is 0 Å². The summed E-state index contributed by atoms with van der Waals surface area (Å²) in [6, 6.07) is 12.7. The molecule has 0 aliphatic carbocycles. The van der Waals surface area contributed by atoms with Gasteiger partial charge in [0.25, 0.3) is 0 Å². The van der Waals surface area contributed by atoms with Gasteiger partial charge < -0.3 is 5.32 Å². The second-order valence-electron chi connectivity index (χ2n) is 4.85. The van der Waals surface area contributed by atoms with Crippen molar-refractivity contribution in [1.29, 1.82) is 0 Å². The van der Waals surface area contributed by atoms with Crippen molar-refractivity contribution in [1.82, 2.24) is 5.32 Å². The van der Waals surface area contributed by atoms with Gasteiger partial charge in [-0.2, -0.15) is 0 Å². The first-order valence-corrected chi connectivity index (χ1v) is 7.22. The van der Waals surface area contributed by atoms with Crippen molar-refractivity contribution in [2.24, 2.45) is 0 Å². The number of nitrogens with one attached hydrogen (secondary N) is 1. The third-order valence-electron chi connectivity index (χ3n) is 3.09. The molecule has 20 heavy (non-hydrogen) atoms. The minimum absolute atomic E-state index is 0.226. The molecule has 0 bridgehead atoms. The average Bonchev–Trinajstić information content (AvgIpc) is 2.37. The van der Waals surface area contributed by atoms with Gasteiger partial charge >= 0.3 is 0 Å². The van der Waals surface area contributed by atoms with E-state index in [1.54, 1.807) is 12.1 Å². The highest BCUT2D eigenvalue weighted by Crippen LogP contribution is 2.15. The van der Waals surface area contributed by atoms with Crippen LogP contribution >= 0.6 is 23.2 Å². The number of halogens is 3. The summed E-state index contributed by atoms with van der Waals surface area (Å²) >= 11 is 11.7. The summed E-state index contributed by atoms with van der Waals surface area (Å²) in [5, 5.41) is 4.45. The fourth-order valence-electron chi connectivity index (χ4n) is 2.04. The number of hydrogen-bond donors (Lipinski definition) is 1. The van der Waals surface area contributed by atoms with Crippen LogP contribution in [0.2, 0.25) is 10.0 Å². The lowest BCUT2D eigenvalue weighted by Crippen LogP contribution is -2.27. The van der Waals surface area contributed by atoms with Crippen molar-refractivity contribution in [3.05, 3.63) is 69.5 Å². The van der Waals surface area contributed by atoms with Crippen LogP contribution in [0.4, 0.5) is 4.39 Å². The minimum atomic E-state index is -0.278. The number of hydrogen-bond acceptors (Lipinski definition) is 1. The Bertz CT molecular complexity index is 586. The number of benzene rings is 2. The summed E-state index contributed by atoms with van der Waals surface area (Å²) in [7, 11) is 0. The maximum atomic E-state index is 13.6. The van der Waals surface area contributed by atoms with Gasteiger partial charge in [-0.3, -0.25) is 0 Å². The fourth-order valence-corrected chi connectivity index (χ4v) is 2.41. The van der Waals surface area contributed by atoms with E-state index in [0.29, 0.717) is 17.1 Å². The molecule has 2 aromatic rings. The van der Waals surface area contributed by atoms with Crippen LogP contribution in [0, 0.1) is 5.82 Å². The molecule has 0 spiro atoms. The predicted octanol–water partition coefficient (Wildman–Crippen LogP) is 4.85. The summed E-state index contributed by atoms with van der Waals surface area (Å²) in [4.78, 5) is 0. The topological polar surface area (TPSA) is 12.0 Å². The Morgan fingerprint density at radius 2 is 1.85 bits per heavy atom. The second-order valence-corrected chi connectivity index (χ2v) is 5.72. The molecule has 0 saturated carbocycles. The van der Waals surface area contributed by atoms with Gasteiger partial charge in [0.05, 0.1) is 0 Å². The van der Waals surface area contributed by atoms with Gasteiger partial charge in [0.1, 0.15) is 5.82 Å². The van der Waals surface area contributed by atoms with Crippen molar-refractivity contribution in [2.75, 3.05) is 0 Å². The summed E-state index contributed by atoms with van der Waals surface area (Å²) in [6.07, 6.45) is 0.843. The minimum Gasteiger partial charge on any atom is -0.310 e. The van der Waals surface area contributed by atoms with Crippen molar-refractivity contribution >= 4 is 23.2 Å². The molecule has 1 unspecified atom stereocenters. The first kappa shape index (κ1) is 15.3. The highest BCUT2D eigenvalue weighted by atomic mass is 35.5. The van der Waals surface area contributed by atoms with Crippen molar-refractivity contribution in [3.8, 4) is 0 Å². The molecule has 1 N–H and O–H groups in total. The smallest absolute Gasteiger partial charge is 0.129 e. The van der Waals surface area contributed by atoms with Crippen LogP contribution in [0.25, 0.3) is 0 Å². The summed E-state index contributed by atoms with van der Waals surface area (Å²) in [5.74, 6) is -0.278. The average molecular weight is 312 g/mol. The van der Waals surface area contributed by atoms with Crippen LogP contribution in [0.15, 0.2) is 42.5 Å². The van der Waals surface area contributed by atoms with Gasteiger partial charge in [-0.15, -0.1) is 0 Å². The quantitative estimate of drug-likeness (QED) is 0.832. The summed E-state index contributed by atoms with van der Waals surface area (Å²) < 4.78 is 13.6. The lowest BCUT2D eigenvalue weighted by atomic mass is 10.1. The van der Waals surface area contributed by atoms with Gasteiger partial charge in [0, 0.05) is 28.2 Å². The van der Waals surface area contributed by atoms with Crippen molar-refractivity contribution in [2.45, 2.75) is 25.9 Å². The molecule has 1 atom stereocenters. The monoisotopic (exact) mass is 311 g/mol. The molecule has 106 valence electrons. The lowest BCUT2D eigenvalue weighted by molar-refractivity contribution is 0.525. The molecule has 0 aliphatic heterocycles. The Morgan fingerprint density at radius 3 is 2.55 bits per heavy atom. The van der Waals surface area contributed by atoms with Crippen molar-refractivity contribution < 1.29 is 4.39 Å². The molecule has 0 fully saturated rings. The SMILES string of the molecule is CC(Cc1cccc(Cl)c1)NCc1ccc(Cl)cc1F. The Labute approximate surface area is 128 Å². The molecule has 0 radical (unpaired) electrons. The molecule has 0 aliphatic rings. The predicted molar refractivity (Wildman–Crippen MR) is 82.9 cm³/mol. The molecule has 0 aromatic heterocycles. The first-order chi connectivity index (χ1) is 9.54. The van der Waals surface area contributed by atoms with Crippen LogP contribution in [0.5, 0.6) is 0 Å². The van der Waals surface area contributed by atoms with Crippen LogP contribution < -0.4 is 5.32 Å². The maximum absolute atomic E-state index is 13.6. The van der Waals surface area contributed by atoms with E-state index in [-0.39, 0.29) is 11.9 Å². The van der Waals surface area contributed by atoms with E-state index in [2.05, 4.69) is 12.2 Å². The van der Waals surface area contributed by atoms with Crippen LogP contribution in [-0.2, 0) is 13.0 Å². The van der Waals surface area contributed by atoms with Gasteiger partial charge in [-0.05, 0) is 43.2 Å². The molecular weight excluding hydrogens is 296 g/mol. The summed E-state index contributed by atoms with van der Waals surface area (Å²) in [5.41, 5.74) is 1.78. The zero-order valence-corrected chi connectivity index (χ0v) is 12.7. The number of rotatable bonds is 5. The first-order valence-electron chi connectivity index (χ1n) is 6.46. The van der Waals surface area contributed by atoms with E-state index in [9.17, 15) is 4.39 Å². The standard InChI is InChI=1S/C16H16Cl2FN/c1-11(7-12-3-2-4-14(17)8-12)20-10-13-5-6-15(18)9-16(13)19/h2-6,8-9,11,20H,7,10H2,1H3. The molecular formula is C16H16Cl2FN. The van der Waals surface area contributed by atoms with E-state index in [1.807, 2.05) is 24.3 Å². The van der Waals surface area contributed by atoms with Crippen LogP contribution in [0.3, 0.4) is 0 Å². The fraction of sp³-hybridized carbons (Fsp3) is 0.250. The highest BCUT2D eigenvalue weighted by molar-refractivity contribution is 6.30. The molecule has 0 amide bonds. The molecule has 2 aromatic carbocycles. The zero-order valence-electron chi connectivity index (χ0n) is 11.2. The lowest BCUT2D eigenvalue weighted by Gasteiger charge is -2.14. The Kier molecular flexibility index (Phi) is 5.41. The molecule has 2 rings (SSSR count). The maximum Gasteiger partial charge on any atom is 0.129 e. The summed E-state index contributed by atoms with van der Waals surface area (Å²) in [6.45, 7) is 2.54. The molecule has 1 nitrogen and oxygen atoms in total. The molecule has 4 heteroatoms. The van der Waals surface area contributed by atoms with Gasteiger partial charge in [-0.1, -0.05) is 41.4 Å². The van der Waals surface area contributed by atoms with E-state index in [0.717, 1.165) is 17.0 Å². The van der Waals surface area contributed by atoms with E-state index in [1.165, 1.54) is 6.07 Å².